The molecule has 0 N–H and O–H groups in total. The Balaban J connectivity index is 2.47. The van der Waals surface area contributed by atoms with Crippen LogP contribution in [0.15, 0.2) is 40.9 Å². The Morgan fingerprint density at radius 3 is 2.40 bits per heavy atom. The van der Waals surface area contributed by atoms with Crippen LogP contribution in [0.25, 0.3) is 0 Å². The van der Waals surface area contributed by atoms with E-state index in [1.54, 1.807) is 14.2 Å². The SMILES string of the molecule is COc1ccc(C(Cl)c2cc(Cl)ccc2Br)c(OC)c1. The number of alkyl halides is 1. The van der Waals surface area contributed by atoms with Gasteiger partial charge >= 0.3 is 0 Å². The number of methoxy groups -OCH3 is 2. The maximum Gasteiger partial charge on any atom is 0.127 e. The average Bonchev–Trinajstić information content (AvgIpc) is 2.48. The van der Waals surface area contributed by atoms with E-state index in [4.69, 9.17) is 32.7 Å². The molecule has 0 aliphatic rings. The second-order valence-corrected chi connectivity index (χ2v) is 5.86. The van der Waals surface area contributed by atoms with Crippen molar-refractivity contribution in [2.75, 3.05) is 14.2 Å². The first-order valence-corrected chi connectivity index (χ1v) is 7.48. The summed E-state index contributed by atoms with van der Waals surface area (Å²) in [5, 5.41) is 0.269. The number of ether oxygens (including phenoxy) is 2. The van der Waals surface area contributed by atoms with E-state index >= 15 is 0 Å². The van der Waals surface area contributed by atoms with E-state index < -0.39 is 0 Å². The summed E-state index contributed by atoms with van der Waals surface area (Å²) in [5.74, 6) is 1.40. The maximum atomic E-state index is 6.58. The summed E-state index contributed by atoms with van der Waals surface area (Å²) < 4.78 is 11.5. The van der Waals surface area contributed by atoms with Crippen molar-refractivity contribution in [3.8, 4) is 11.5 Å². The number of halogens is 3. The Morgan fingerprint density at radius 2 is 1.75 bits per heavy atom. The summed E-state index contributed by atoms with van der Waals surface area (Å²) in [4.78, 5) is 0. The summed E-state index contributed by atoms with van der Waals surface area (Å²) >= 11 is 16.1. The first kappa shape index (κ1) is 15.5. The summed E-state index contributed by atoms with van der Waals surface area (Å²) in [6.07, 6.45) is 0. The van der Waals surface area contributed by atoms with Crippen LogP contribution in [0.2, 0.25) is 5.02 Å². The Morgan fingerprint density at radius 1 is 1.00 bits per heavy atom. The van der Waals surface area contributed by atoms with Crippen LogP contribution in [0, 0.1) is 0 Å². The van der Waals surface area contributed by atoms with E-state index in [9.17, 15) is 0 Å². The molecule has 1 atom stereocenters. The number of benzene rings is 2. The van der Waals surface area contributed by atoms with E-state index in [0.717, 1.165) is 21.3 Å². The summed E-state index contributed by atoms with van der Waals surface area (Å²) in [6, 6.07) is 11.1. The molecule has 0 amide bonds. The van der Waals surface area contributed by atoms with Gasteiger partial charge in [-0.25, -0.2) is 0 Å². The summed E-state index contributed by atoms with van der Waals surface area (Å²) in [6.45, 7) is 0. The molecular weight excluding hydrogens is 363 g/mol. The highest BCUT2D eigenvalue weighted by Crippen LogP contribution is 2.40. The molecule has 2 aromatic carbocycles. The molecule has 0 bridgehead atoms. The van der Waals surface area contributed by atoms with Crippen molar-refractivity contribution in [2.24, 2.45) is 0 Å². The molecular formula is C15H13BrCl2O2. The van der Waals surface area contributed by atoms with Crippen LogP contribution in [-0.4, -0.2) is 14.2 Å². The molecule has 2 aromatic rings. The predicted octanol–water partition coefficient (Wildman–Crippen LogP) is 5.45. The molecule has 106 valence electrons. The zero-order valence-corrected chi connectivity index (χ0v) is 14.1. The fourth-order valence-electron chi connectivity index (χ4n) is 1.90. The second-order valence-electron chi connectivity index (χ2n) is 4.14. The van der Waals surface area contributed by atoms with Crippen molar-refractivity contribution >= 4 is 39.1 Å². The highest BCUT2D eigenvalue weighted by Gasteiger charge is 2.19. The Labute approximate surface area is 136 Å². The van der Waals surface area contributed by atoms with Gasteiger partial charge in [-0.1, -0.05) is 27.5 Å². The van der Waals surface area contributed by atoms with Crippen molar-refractivity contribution < 1.29 is 9.47 Å². The third-order valence-corrected chi connectivity index (χ3v) is 4.37. The predicted molar refractivity (Wildman–Crippen MR) is 86.4 cm³/mol. The molecule has 0 fully saturated rings. The van der Waals surface area contributed by atoms with Crippen molar-refractivity contribution in [3.05, 3.63) is 57.0 Å². The molecule has 0 spiro atoms. The van der Waals surface area contributed by atoms with Gasteiger partial charge in [0.25, 0.3) is 0 Å². The third kappa shape index (κ3) is 3.22. The molecule has 1 unspecified atom stereocenters. The van der Waals surface area contributed by atoms with Gasteiger partial charge in [0, 0.05) is 21.1 Å². The van der Waals surface area contributed by atoms with Gasteiger partial charge in [0.15, 0.2) is 0 Å². The van der Waals surface area contributed by atoms with Gasteiger partial charge in [0.2, 0.25) is 0 Å². The molecule has 2 rings (SSSR count). The lowest BCUT2D eigenvalue weighted by Gasteiger charge is -2.17. The molecule has 0 radical (unpaired) electrons. The van der Waals surface area contributed by atoms with Crippen LogP contribution in [0.4, 0.5) is 0 Å². The highest BCUT2D eigenvalue weighted by molar-refractivity contribution is 9.10. The van der Waals surface area contributed by atoms with Crippen molar-refractivity contribution in [2.45, 2.75) is 5.38 Å². The standard InChI is InChI=1S/C15H13BrCl2O2/c1-19-10-4-5-11(14(8-10)20-2)15(18)12-7-9(17)3-6-13(12)16/h3-8,15H,1-2H3. The zero-order chi connectivity index (χ0) is 14.7. The van der Waals surface area contributed by atoms with Gasteiger partial charge in [0.05, 0.1) is 19.6 Å². The largest absolute Gasteiger partial charge is 0.497 e. The molecule has 20 heavy (non-hydrogen) atoms. The molecule has 0 saturated heterocycles. The molecule has 0 aromatic heterocycles. The average molecular weight is 376 g/mol. The van der Waals surface area contributed by atoms with E-state index in [-0.39, 0.29) is 5.38 Å². The Kier molecular flexibility index (Phi) is 5.19. The molecule has 0 saturated carbocycles. The fraction of sp³-hybridized carbons (Fsp3) is 0.200. The Hall–Kier alpha value is -0.900. The molecule has 0 aliphatic carbocycles. The summed E-state index contributed by atoms with van der Waals surface area (Å²) in [5.41, 5.74) is 1.75. The molecule has 5 heteroatoms. The minimum absolute atomic E-state index is 0.371. The fourth-order valence-corrected chi connectivity index (χ4v) is 3.05. The van der Waals surface area contributed by atoms with Gasteiger partial charge in [-0.2, -0.15) is 0 Å². The Bertz CT molecular complexity index is 617. The van der Waals surface area contributed by atoms with E-state index in [1.807, 2.05) is 36.4 Å². The van der Waals surface area contributed by atoms with Crippen LogP contribution in [0.5, 0.6) is 11.5 Å². The monoisotopic (exact) mass is 374 g/mol. The zero-order valence-electron chi connectivity index (χ0n) is 11.0. The van der Waals surface area contributed by atoms with Crippen molar-refractivity contribution in [1.29, 1.82) is 0 Å². The number of rotatable bonds is 4. The van der Waals surface area contributed by atoms with E-state index in [0.29, 0.717) is 10.8 Å². The lowest BCUT2D eigenvalue weighted by atomic mass is 10.0. The van der Waals surface area contributed by atoms with Crippen LogP contribution >= 0.6 is 39.1 Å². The van der Waals surface area contributed by atoms with Gasteiger partial charge < -0.3 is 9.47 Å². The van der Waals surface area contributed by atoms with Crippen molar-refractivity contribution in [3.63, 3.8) is 0 Å². The first-order chi connectivity index (χ1) is 9.56. The minimum Gasteiger partial charge on any atom is -0.497 e. The van der Waals surface area contributed by atoms with Gasteiger partial charge in [-0.15, -0.1) is 11.6 Å². The van der Waals surface area contributed by atoms with Crippen LogP contribution in [-0.2, 0) is 0 Å². The van der Waals surface area contributed by atoms with Gasteiger partial charge in [-0.05, 0) is 35.9 Å². The first-order valence-electron chi connectivity index (χ1n) is 5.87. The van der Waals surface area contributed by atoms with Crippen LogP contribution in [0.1, 0.15) is 16.5 Å². The highest BCUT2D eigenvalue weighted by atomic mass is 79.9. The minimum atomic E-state index is -0.371. The van der Waals surface area contributed by atoms with Gasteiger partial charge in [-0.3, -0.25) is 0 Å². The third-order valence-electron chi connectivity index (χ3n) is 2.94. The molecule has 0 aliphatic heterocycles. The molecule has 0 heterocycles. The van der Waals surface area contributed by atoms with Crippen molar-refractivity contribution in [1.82, 2.24) is 0 Å². The second kappa shape index (κ2) is 6.70. The maximum absolute atomic E-state index is 6.58. The quantitative estimate of drug-likeness (QED) is 0.661. The number of hydrogen-bond donors (Lipinski definition) is 0. The number of hydrogen-bond acceptors (Lipinski definition) is 2. The van der Waals surface area contributed by atoms with Crippen LogP contribution in [0.3, 0.4) is 0 Å². The summed E-state index contributed by atoms with van der Waals surface area (Å²) in [7, 11) is 3.22. The van der Waals surface area contributed by atoms with Crippen LogP contribution < -0.4 is 9.47 Å². The lowest BCUT2D eigenvalue weighted by Crippen LogP contribution is -1.99. The normalized spacial score (nSPS) is 12.1. The van der Waals surface area contributed by atoms with E-state index in [2.05, 4.69) is 15.9 Å². The van der Waals surface area contributed by atoms with E-state index in [1.165, 1.54) is 0 Å². The lowest BCUT2D eigenvalue weighted by molar-refractivity contribution is 0.391. The van der Waals surface area contributed by atoms with Gasteiger partial charge in [0.1, 0.15) is 11.5 Å². The molecule has 2 nitrogen and oxygen atoms in total. The topological polar surface area (TPSA) is 18.5 Å². The smallest absolute Gasteiger partial charge is 0.127 e.